The lowest BCUT2D eigenvalue weighted by Gasteiger charge is -2.28. The number of thiophene rings is 1. The fraction of sp³-hybridized carbons (Fsp3) is 0.267. The maximum Gasteiger partial charge on any atom is 0.250 e. The van der Waals surface area contributed by atoms with Gasteiger partial charge in [0.05, 0.1) is 6.54 Å². The summed E-state index contributed by atoms with van der Waals surface area (Å²) in [6.07, 6.45) is 0.805. The first-order chi connectivity index (χ1) is 10.6. The lowest BCUT2D eigenvalue weighted by Crippen LogP contribution is -2.42. The lowest BCUT2D eigenvalue weighted by atomic mass is 10.00. The Kier molecular flexibility index (Phi) is 4.28. The third-order valence-corrected chi connectivity index (χ3v) is 6.46. The van der Waals surface area contributed by atoms with E-state index in [9.17, 15) is 13.2 Å². The van der Waals surface area contributed by atoms with Gasteiger partial charge in [-0.1, -0.05) is 30.3 Å². The van der Waals surface area contributed by atoms with Gasteiger partial charge < -0.3 is 4.90 Å². The molecule has 0 radical (unpaired) electrons. The Morgan fingerprint density at radius 1 is 1.18 bits per heavy atom. The summed E-state index contributed by atoms with van der Waals surface area (Å²) in [5.41, 5.74) is 2.38. The summed E-state index contributed by atoms with van der Waals surface area (Å²) in [6.45, 7) is 0.953. The van der Waals surface area contributed by atoms with Gasteiger partial charge in [-0.05, 0) is 29.0 Å². The number of sulfonamides is 1. The molecule has 1 aliphatic heterocycles. The van der Waals surface area contributed by atoms with E-state index < -0.39 is 10.0 Å². The second-order valence-corrected chi connectivity index (χ2v) is 8.03. The van der Waals surface area contributed by atoms with Crippen LogP contribution in [0.1, 0.15) is 11.1 Å². The van der Waals surface area contributed by atoms with Crippen molar-refractivity contribution in [3.8, 4) is 0 Å². The van der Waals surface area contributed by atoms with Crippen LogP contribution in [-0.4, -0.2) is 32.3 Å². The van der Waals surface area contributed by atoms with E-state index in [0.717, 1.165) is 23.3 Å². The zero-order valence-corrected chi connectivity index (χ0v) is 13.5. The van der Waals surface area contributed by atoms with Gasteiger partial charge in [-0.2, -0.15) is 0 Å². The molecule has 2 heterocycles. The summed E-state index contributed by atoms with van der Waals surface area (Å²) in [7, 11) is -3.59. The third-order valence-electron chi connectivity index (χ3n) is 3.66. The topological polar surface area (TPSA) is 66.5 Å². The van der Waals surface area contributed by atoms with E-state index in [0.29, 0.717) is 13.1 Å². The van der Waals surface area contributed by atoms with E-state index in [1.807, 2.05) is 18.2 Å². The minimum Gasteiger partial charge on any atom is -0.337 e. The molecule has 116 valence electrons. The van der Waals surface area contributed by atoms with Gasteiger partial charge in [-0.3, -0.25) is 4.79 Å². The average molecular weight is 336 g/mol. The van der Waals surface area contributed by atoms with Gasteiger partial charge in [-0.25, -0.2) is 13.1 Å². The minimum absolute atomic E-state index is 0.199. The van der Waals surface area contributed by atoms with Gasteiger partial charge in [0.25, 0.3) is 10.0 Å². The van der Waals surface area contributed by atoms with Gasteiger partial charge in [0.2, 0.25) is 5.91 Å². The molecule has 7 heteroatoms. The predicted octanol–water partition coefficient (Wildman–Crippen LogP) is 1.61. The average Bonchev–Trinajstić information content (AvgIpc) is 3.07. The maximum atomic E-state index is 12.2. The van der Waals surface area contributed by atoms with Gasteiger partial charge in [0, 0.05) is 13.1 Å². The molecule has 1 aromatic carbocycles. The van der Waals surface area contributed by atoms with Crippen molar-refractivity contribution in [1.29, 1.82) is 0 Å². The van der Waals surface area contributed by atoms with Crippen molar-refractivity contribution in [3.05, 3.63) is 52.9 Å². The molecule has 2 aromatic rings. The highest BCUT2D eigenvalue weighted by atomic mass is 32.2. The Balaban J connectivity index is 1.62. The molecule has 22 heavy (non-hydrogen) atoms. The van der Waals surface area contributed by atoms with Crippen LogP contribution >= 0.6 is 11.3 Å². The SMILES string of the molecule is O=C(CNS(=O)(=O)c1cccs1)N1CCc2ccccc2C1. The first kappa shape index (κ1) is 15.2. The van der Waals surface area contributed by atoms with Crippen molar-refractivity contribution in [2.24, 2.45) is 0 Å². The van der Waals surface area contributed by atoms with Crippen LogP contribution in [0.5, 0.6) is 0 Å². The van der Waals surface area contributed by atoms with Crippen LogP contribution in [0.4, 0.5) is 0 Å². The number of hydrogen-bond donors (Lipinski definition) is 1. The standard InChI is InChI=1S/C15H16N2O3S2/c18-14(10-16-22(19,20)15-6-3-9-21-15)17-8-7-12-4-1-2-5-13(12)11-17/h1-6,9,16H,7-8,10-11H2. The molecule has 5 nitrogen and oxygen atoms in total. The van der Waals surface area contributed by atoms with E-state index >= 15 is 0 Å². The van der Waals surface area contributed by atoms with Crippen LogP contribution in [0.3, 0.4) is 0 Å². The molecule has 0 unspecified atom stereocenters. The molecule has 0 aliphatic carbocycles. The van der Waals surface area contributed by atoms with E-state index in [1.165, 1.54) is 11.6 Å². The summed E-state index contributed by atoms with van der Waals surface area (Å²) in [5.74, 6) is -0.199. The van der Waals surface area contributed by atoms with Gasteiger partial charge >= 0.3 is 0 Å². The third kappa shape index (κ3) is 3.21. The number of hydrogen-bond acceptors (Lipinski definition) is 4. The molecular weight excluding hydrogens is 320 g/mol. The fourth-order valence-corrected chi connectivity index (χ4v) is 4.48. The van der Waals surface area contributed by atoms with E-state index in [2.05, 4.69) is 10.8 Å². The molecule has 1 aliphatic rings. The molecule has 3 rings (SSSR count). The number of rotatable bonds is 4. The summed E-state index contributed by atoms with van der Waals surface area (Å²) >= 11 is 1.13. The molecule has 0 saturated heterocycles. The number of carbonyl (C=O) groups is 1. The second-order valence-electron chi connectivity index (χ2n) is 5.09. The molecule has 1 amide bonds. The fourth-order valence-electron chi connectivity index (χ4n) is 2.46. The molecule has 1 N–H and O–H groups in total. The Bertz CT molecular complexity index is 770. The Morgan fingerprint density at radius 2 is 1.95 bits per heavy atom. The lowest BCUT2D eigenvalue weighted by molar-refractivity contribution is -0.130. The molecule has 0 fully saturated rings. The van der Waals surface area contributed by atoms with Crippen LogP contribution in [-0.2, 0) is 27.8 Å². The van der Waals surface area contributed by atoms with Crippen LogP contribution in [0.2, 0.25) is 0 Å². The van der Waals surface area contributed by atoms with Crippen LogP contribution in [0.25, 0.3) is 0 Å². The summed E-state index contributed by atoms with van der Waals surface area (Å²) in [6, 6.07) is 11.2. The molecule has 0 atom stereocenters. The van der Waals surface area contributed by atoms with E-state index in [-0.39, 0.29) is 16.7 Å². The highest BCUT2D eigenvalue weighted by Gasteiger charge is 2.22. The number of nitrogens with one attached hydrogen (secondary N) is 1. The Hall–Kier alpha value is -1.70. The quantitative estimate of drug-likeness (QED) is 0.922. The normalized spacial score (nSPS) is 14.6. The minimum atomic E-state index is -3.59. The molecule has 1 aromatic heterocycles. The van der Waals surface area contributed by atoms with Crippen molar-refractivity contribution in [2.75, 3.05) is 13.1 Å². The second kappa shape index (κ2) is 6.20. The molecule has 0 spiro atoms. The van der Waals surface area contributed by atoms with Gasteiger partial charge in [0.1, 0.15) is 4.21 Å². The molecular formula is C15H16N2O3S2. The number of amides is 1. The maximum absolute atomic E-state index is 12.2. The largest absolute Gasteiger partial charge is 0.337 e. The van der Waals surface area contributed by atoms with Crippen molar-refractivity contribution < 1.29 is 13.2 Å². The Morgan fingerprint density at radius 3 is 2.68 bits per heavy atom. The van der Waals surface area contributed by atoms with E-state index in [1.54, 1.807) is 16.3 Å². The van der Waals surface area contributed by atoms with Crippen LogP contribution < -0.4 is 4.72 Å². The highest BCUT2D eigenvalue weighted by molar-refractivity contribution is 7.91. The summed E-state index contributed by atoms with van der Waals surface area (Å²) < 4.78 is 26.6. The summed E-state index contributed by atoms with van der Waals surface area (Å²) in [4.78, 5) is 13.9. The zero-order chi connectivity index (χ0) is 15.6. The monoisotopic (exact) mass is 336 g/mol. The highest BCUT2D eigenvalue weighted by Crippen LogP contribution is 2.19. The van der Waals surface area contributed by atoms with Crippen LogP contribution in [0.15, 0.2) is 46.0 Å². The predicted molar refractivity (Wildman–Crippen MR) is 85.1 cm³/mol. The number of carbonyl (C=O) groups excluding carboxylic acids is 1. The first-order valence-electron chi connectivity index (χ1n) is 6.94. The van der Waals surface area contributed by atoms with Crippen LogP contribution in [0, 0.1) is 0 Å². The molecule has 0 saturated carbocycles. The number of nitrogens with zero attached hydrogens (tertiary/aromatic N) is 1. The van der Waals surface area contributed by atoms with Gasteiger partial charge in [-0.15, -0.1) is 11.3 Å². The first-order valence-corrected chi connectivity index (χ1v) is 9.30. The van der Waals surface area contributed by atoms with Crippen molar-refractivity contribution in [2.45, 2.75) is 17.2 Å². The number of fused-ring (bicyclic) bond motifs is 1. The van der Waals surface area contributed by atoms with Crippen molar-refractivity contribution in [1.82, 2.24) is 9.62 Å². The zero-order valence-electron chi connectivity index (χ0n) is 11.9. The van der Waals surface area contributed by atoms with Gasteiger partial charge in [0.15, 0.2) is 0 Å². The van der Waals surface area contributed by atoms with Crippen molar-refractivity contribution >= 4 is 27.3 Å². The number of benzene rings is 1. The summed E-state index contributed by atoms with van der Waals surface area (Å²) in [5, 5.41) is 1.69. The van der Waals surface area contributed by atoms with Crippen molar-refractivity contribution in [3.63, 3.8) is 0 Å². The Labute approximate surface area is 133 Å². The smallest absolute Gasteiger partial charge is 0.250 e. The molecule has 0 bridgehead atoms. The van der Waals surface area contributed by atoms with E-state index in [4.69, 9.17) is 0 Å².